The Balaban J connectivity index is 1.35. The first-order valence-electron chi connectivity index (χ1n) is 10.7. The summed E-state index contributed by atoms with van der Waals surface area (Å²) in [6.07, 6.45) is 8.15. The molecule has 0 bridgehead atoms. The molecule has 3 aromatic carbocycles. The normalized spacial score (nSPS) is 14.4. The monoisotopic (exact) mass is 444 g/mol. The number of anilines is 1. The second-order valence-corrected chi connectivity index (χ2v) is 8.20. The summed E-state index contributed by atoms with van der Waals surface area (Å²) in [4.78, 5) is 12.4. The fraction of sp³-hybridized carbons (Fsp3) is 0.222. The van der Waals surface area contributed by atoms with Gasteiger partial charge in [-0.25, -0.2) is 0 Å². The summed E-state index contributed by atoms with van der Waals surface area (Å²) in [5.41, 5.74) is 4.97. The van der Waals surface area contributed by atoms with E-state index in [1.165, 1.54) is 11.1 Å². The lowest BCUT2D eigenvalue weighted by Gasteiger charge is -2.14. The van der Waals surface area contributed by atoms with Gasteiger partial charge in [-0.2, -0.15) is 0 Å². The van der Waals surface area contributed by atoms with Crippen LogP contribution in [0, 0.1) is 12.3 Å². The third-order valence-corrected chi connectivity index (χ3v) is 5.87. The summed E-state index contributed by atoms with van der Waals surface area (Å²) < 4.78 is 6.14. The van der Waals surface area contributed by atoms with Crippen molar-refractivity contribution in [1.82, 2.24) is 5.32 Å². The van der Waals surface area contributed by atoms with Gasteiger partial charge in [0.2, 0.25) is 0 Å². The third kappa shape index (κ3) is 5.31. The number of ether oxygens (including phenoxy) is 1. The van der Waals surface area contributed by atoms with Gasteiger partial charge in [0.25, 0.3) is 5.91 Å². The lowest BCUT2D eigenvalue weighted by Crippen LogP contribution is -2.19. The molecule has 2 N–H and O–H groups in total. The van der Waals surface area contributed by atoms with Gasteiger partial charge in [-0.3, -0.25) is 10.1 Å². The number of carbonyl (C=O) groups excluding carboxylic acids is 1. The molecule has 0 aliphatic heterocycles. The van der Waals surface area contributed by atoms with Crippen LogP contribution in [0.3, 0.4) is 0 Å². The molecule has 0 spiro atoms. The Labute approximate surface area is 194 Å². The lowest BCUT2D eigenvalue weighted by molar-refractivity contribution is 0.102. The van der Waals surface area contributed by atoms with Crippen LogP contribution in [0.4, 0.5) is 5.69 Å². The second-order valence-electron chi connectivity index (χ2n) is 7.76. The average Bonchev–Trinajstić information content (AvgIpc) is 3.22. The van der Waals surface area contributed by atoms with Crippen molar-refractivity contribution in [1.29, 1.82) is 0 Å². The van der Waals surface area contributed by atoms with Crippen LogP contribution in [0.5, 0.6) is 5.75 Å². The Bertz CT molecular complexity index is 1140. The molecular formula is C27H25ClN2O2. The van der Waals surface area contributed by atoms with Crippen molar-refractivity contribution in [2.75, 3.05) is 18.5 Å². The SMILES string of the molecule is C#CCNC1CCc2c(OCCc3cccc(NC(=O)c4ccc(Cl)cc4)c3)cccc21. The maximum Gasteiger partial charge on any atom is 0.255 e. The van der Waals surface area contributed by atoms with E-state index in [0.29, 0.717) is 29.8 Å². The van der Waals surface area contributed by atoms with Gasteiger partial charge in [-0.05, 0) is 72.0 Å². The molecule has 32 heavy (non-hydrogen) atoms. The van der Waals surface area contributed by atoms with Gasteiger partial charge in [-0.15, -0.1) is 6.42 Å². The molecular weight excluding hydrogens is 420 g/mol. The van der Waals surface area contributed by atoms with E-state index < -0.39 is 0 Å². The first kappa shape index (κ1) is 22.0. The fourth-order valence-electron chi connectivity index (χ4n) is 4.04. The number of carbonyl (C=O) groups is 1. The van der Waals surface area contributed by atoms with Crippen LogP contribution in [0.15, 0.2) is 66.7 Å². The summed E-state index contributed by atoms with van der Waals surface area (Å²) in [5, 5.41) is 6.94. The second kappa shape index (κ2) is 10.4. The zero-order chi connectivity index (χ0) is 22.3. The van der Waals surface area contributed by atoms with Crippen LogP contribution in [0.1, 0.15) is 39.5 Å². The van der Waals surface area contributed by atoms with E-state index in [-0.39, 0.29) is 5.91 Å². The molecule has 0 saturated heterocycles. The van der Waals surface area contributed by atoms with Crippen molar-refractivity contribution >= 4 is 23.2 Å². The molecule has 3 aromatic rings. The minimum absolute atomic E-state index is 0.164. The van der Waals surface area contributed by atoms with Crippen molar-refractivity contribution < 1.29 is 9.53 Å². The van der Waals surface area contributed by atoms with Crippen molar-refractivity contribution in [2.24, 2.45) is 0 Å². The van der Waals surface area contributed by atoms with Crippen LogP contribution in [0.25, 0.3) is 0 Å². The summed E-state index contributed by atoms with van der Waals surface area (Å²) >= 11 is 5.89. The Morgan fingerprint density at radius 1 is 1.12 bits per heavy atom. The summed E-state index contributed by atoms with van der Waals surface area (Å²) in [6, 6.07) is 21.2. The van der Waals surface area contributed by atoms with E-state index in [1.807, 2.05) is 36.4 Å². The average molecular weight is 445 g/mol. The quantitative estimate of drug-likeness (QED) is 0.456. The van der Waals surface area contributed by atoms with Crippen LogP contribution < -0.4 is 15.4 Å². The molecule has 1 aliphatic carbocycles. The van der Waals surface area contributed by atoms with E-state index in [0.717, 1.165) is 36.3 Å². The van der Waals surface area contributed by atoms with Crippen LogP contribution in [-0.2, 0) is 12.8 Å². The Morgan fingerprint density at radius 3 is 2.75 bits per heavy atom. The first-order valence-corrected chi connectivity index (χ1v) is 11.1. The minimum Gasteiger partial charge on any atom is -0.493 e. The molecule has 1 aliphatic rings. The molecule has 4 nitrogen and oxygen atoms in total. The predicted octanol–water partition coefficient (Wildman–Crippen LogP) is 5.42. The van der Waals surface area contributed by atoms with Gasteiger partial charge in [0.15, 0.2) is 0 Å². The Morgan fingerprint density at radius 2 is 1.94 bits per heavy atom. The highest BCUT2D eigenvalue weighted by molar-refractivity contribution is 6.30. The van der Waals surface area contributed by atoms with Gasteiger partial charge in [0.1, 0.15) is 5.75 Å². The molecule has 5 heteroatoms. The first-order chi connectivity index (χ1) is 15.6. The molecule has 0 saturated carbocycles. The number of benzene rings is 3. The van der Waals surface area contributed by atoms with Gasteiger partial charge < -0.3 is 10.1 Å². The molecule has 1 unspecified atom stereocenters. The summed E-state index contributed by atoms with van der Waals surface area (Å²) in [5.74, 6) is 3.43. The summed E-state index contributed by atoms with van der Waals surface area (Å²) in [7, 11) is 0. The number of nitrogens with one attached hydrogen (secondary N) is 2. The van der Waals surface area contributed by atoms with Crippen molar-refractivity contribution in [3.05, 3.63) is 94.0 Å². The van der Waals surface area contributed by atoms with Crippen molar-refractivity contribution in [2.45, 2.75) is 25.3 Å². The van der Waals surface area contributed by atoms with E-state index >= 15 is 0 Å². The molecule has 0 fully saturated rings. The van der Waals surface area contributed by atoms with E-state index in [4.69, 9.17) is 22.8 Å². The largest absolute Gasteiger partial charge is 0.493 e. The van der Waals surface area contributed by atoms with Gasteiger partial charge in [0, 0.05) is 28.7 Å². The maximum absolute atomic E-state index is 12.4. The van der Waals surface area contributed by atoms with Crippen LogP contribution in [-0.4, -0.2) is 19.1 Å². The lowest BCUT2D eigenvalue weighted by atomic mass is 10.1. The van der Waals surface area contributed by atoms with Crippen molar-refractivity contribution in [3.8, 4) is 18.1 Å². The van der Waals surface area contributed by atoms with Crippen molar-refractivity contribution in [3.63, 3.8) is 0 Å². The van der Waals surface area contributed by atoms with E-state index in [9.17, 15) is 4.79 Å². The molecule has 0 aromatic heterocycles. The molecule has 0 heterocycles. The topological polar surface area (TPSA) is 50.4 Å². The van der Waals surface area contributed by atoms with E-state index in [1.54, 1.807) is 24.3 Å². The molecule has 1 atom stereocenters. The molecule has 1 amide bonds. The van der Waals surface area contributed by atoms with Crippen LogP contribution in [0.2, 0.25) is 5.02 Å². The maximum atomic E-state index is 12.4. The van der Waals surface area contributed by atoms with Gasteiger partial charge in [0.05, 0.1) is 13.2 Å². The van der Waals surface area contributed by atoms with Gasteiger partial charge >= 0.3 is 0 Å². The predicted molar refractivity (Wildman–Crippen MR) is 129 cm³/mol. The highest BCUT2D eigenvalue weighted by atomic mass is 35.5. The molecule has 0 radical (unpaired) electrons. The molecule has 162 valence electrons. The number of fused-ring (bicyclic) bond motifs is 1. The van der Waals surface area contributed by atoms with Crippen LogP contribution >= 0.6 is 11.6 Å². The Hall–Kier alpha value is -3.26. The highest BCUT2D eigenvalue weighted by Gasteiger charge is 2.24. The zero-order valence-electron chi connectivity index (χ0n) is 17.7. The highest BCUT2D eigenvalue weighted by Crippen LogP contribution is 2.36. The molecule has 4 rings (SSSR count). The number of hydrogen-bond acceptors (Lipinski definition) is 3. The summed E-state index contributed by atoms with van der Waals surface area (Å²) in [6.45, 7) is 1.13. The number of halogens is 1. The Kier molecular flexibility index (Phi) is 7.11. The zero-order valence-corrected chi connectivity index (χ0v) is 18.5. The van der Waals surface area contributed by atoms with E-state index in [2.05, 4.69) is 22.6 Å². The smallest absolute Gasteiger partial charge is 0.255 e. The minimum atomic E-state index is -0.164. The number of hydrogen-bond donors (Lipinski definition) is 2. The van der Waals surface area contributed by atoms with Gasteiger partial charge in [-0.1, -0.05) is 41.8 Å². The number of rotatable bonds is 8. The standard InChI is InChI=1S/C27H25ClN2O2/c1-2-16-29-25-14-13-24-23(25)7-4-8-26(24)32-17-15-19-5-3-6-22(18-19)30-27(31)20-9-11-21(28)12-10-20/h1,3-12,18,25,29H,13-17H2,(H,30,31). The number of amides is 1. The number of terminal acetylenes is 1. The fourth-order valence-corrected chi connectivity index (χ4v) is 4.16. The third-order valence-electron chi connectivity index (χ3n) is 5.62.